The maximum absolute atomic E-state index is 11.5. The summed E-state index contributed by atoms with van der Waals surface area (Å²) in [5.41, 5.74) is 2.79. The van der Waals surface area contributed by atoms with E-state index in [0.29, 0.717) is 18.4 Å². The largest absolute Gasteiger partial charge is 0.469 e. The van der Waals surface area contributed by atoms with Crippen molar-refractivity contribution in [1.82, 2.24) is 4.90 Å². The van der Waals surface area contributed by atoms with E-state index in [1.165, 1.54) is 18.2 Å². The highest BCUT2D eigenvalue weighted by Gasteiger charge is 2.32. The van der Waals surface area contributed by atoms with Gasteiger partial charge in [-0.05, 0) is 42.9 Å². The molecule has 3 nitrogen and oxygen atoms in total. The van der Waals surface area contributed by atoms with Crippen LogP contribution in [0.15, 0.2) is 36.4 Å². The number of piperidine rings is 1. The van der Waals surface area contributed by atoms with E-state index in [4.69, 9.17) is 4.74 Å². The van der Waals surface area contributed by atoms with Crippen molar-refractivity contribution in [2.75, 3.05) is 20.2 Å². The average Bonchev–Trinajstić information content (AvgIpc) is 2.55. The number of carbonyl (C=O) groups is 1. The van der Waals surface area contributed by atoms with Gasteiger partial charge in [-0.25, -0.2) is 0 Å². The van der Waals surface area contributed by atoms with Crippen molar-refractivity contribution < 1.29 is 9.53 Å². The van der Waals surface area contributed by atoms with E-state index in [0.717, 1.165) is 32.4 Å². The predicted molar refractivity (Wildman–Crippen MR) is 83.8 cm³/mol. The predicted octanol–water partition coefficient (Wildman–Crippen LogP) is 3.12. The first-order chi connectivity index (χ1) is 10.3. The maximum Gasteiger partial charge on any atom is 0.305 e. The number of esters is 1. The van der Waals surface area contributed by atoms with Crippen molar-refractivity contribution in [3.05, 3.63) is 42.0 Å². The molecule has 0 aliphatic carbocycles. The zero-order valence-corrected chi connectivity index (χ0v) is 12.6. The fraction of sp³-hybridized carbons (Fsp3) is 0.500. The molecule has 21 heavy (non-hydrogen) atoms. The average molecular weight is 285 g/mol. The summed E-state index contributed by atoms with van der Waals surface area (Å²) in [6, 6.07) is 11.2. The summed E-state index contributed by atoms with van der Waals surface area (Å²) in [6.45, 7) is 2.14. The van der Waals surface area contributed by atoms with Crippen molar-refractivity contribution in [2.45, 2.75) is 31.7 Å². The Morgan fingerprint density at radius 3 is 2.90 bits per heavy atom. The lowest BCUT2D eigenvalue weighted by Crippen LogP contribution is -2.45. The van der Waals surface area contributed by atoms with Gasteiger partial charge in [0.1, 0.15) is 0 Å². The lowest BCUT2D eigenvalue weighted by molar-refractivity contribution is -0.142. The minimum Gasteiger partial charge on any atom is -0.469 e. The van der Waals surface area contributed by atoms with E-state index < -0.39 is 0 Å². The van der Waals surface area contributed by atoms with E-state index in [9.17, 15) is 4.79 Å². The number of hydrogen-bond donors (Lipinski definition) is 0. The van der Waals surface area contributed by atoms with Gasteiger partial charge in [-0.15, -0.1) is 0 Å². The minimum atomic E-state index is -0.0666. The summed E-state index contributed by atoms with van der Waals surface area (Å²) >= 11 is 0. The van der Waals surface area contributed by atoms with Crippen molar-refractivity contribution in [2.24, 2.45) is 5.92 Å². The Labute approximate surface area is 126 Å². The first-order valence-electron chi connectivity index (χ1n) is 7.81. The molecule has 3 heteroatoms. The highest BCUT2D eigenvalue weighted by atomic mass is 16.5. The van der Waals surface area contributed by atoms with Crippen LogP contribution in [0, 0.1) is 5.92 Å². The minimum absolute atomic E-state index is 0.0666. The Kier molecular flexibility index (Phi) is 4.39. The third kappa shape index (κ3) is 3.35. The van der Waals surface area contributed by atoms with Gasteiger partial charge in [0, 0.05) is 19.0 Å². The second kappa shape index (κ2) is 6.44. The smallest absolute Gasteiger partial charge is 0.305 e. The van der Waals surface area contributed by atoms with Gasteiger partial charge in [-0.2, -0.15) is 0 Å². The highest BCUT2D eigenvalue weighted by molar-refractivity contribution is 5.69. The third-order valence-electron chi connectivity index (χ3n) is 4.80. The molecule has 2 atom stereocenters. The van der Waals surface area contributed by atoms with Crippen LogP contribution in [0.1, 0.15) is 31.2 Å². The monoisotopic (exact) mass is 285 g/mol. The number of nitrogens with zero attached hydrogens (tertiary/aromatic N) is 1. The van der Waals surface area contributed by atoms with Crippen LogP contribution in [0.3, 0.4) is 0 Å². The van der Waals surface area contributed by atoms with E-state index in [2.05, 4.69) is 41.3 Å². The molecular weight excluding hydrogens is 262 g/mol. The van der Waals surface area contributed by atoms with Gasteiger partial charge >= 0.3 is 5.97 Å². The number of benzene rings is 1. The lowest BCUT2D eigenvalue weighted by Gasteiger charge is -2.42. The first-order valence-corrected chi connectivity index (χ1v) is 7.81. The van der Waals surface area contributed by atoms with Gasteiger partial charge in [0.15, 0.2) is 0 Å². The van der Waals surface area contributed by atoms with Crippen LogP contribution in [0.2, 0.25) is 0 Å². The molecule has 0 saturated carbocycles. The lowest BCUT2D eigenvalue weighted by atomic mass is 9.82. The van der Waals surface area contributed by atoms with Crippen LogP contribution in [-0.4, -0.2) is 37.1 Å². The molecule has 2 aliphatic heterocycles. The molecule has 1 aromatic carbocycles. The van der Waals surface area contributed by atoms with E-state index in [1.54, 1.807) is 0 Å². The maximum atomic E-state index is 11.5. The molecule has 0 N–H and O–H groups in total. The molecule has 0 amide bonds. The van der Waals surface area contributed by atoms with Gasteiger partial charge < -0.3 is 4.74 Å². The summed E-state index contributed by atoms with van der Waals surface area (Å²) in [7, 11) is 1.48. The Balaban J connectivity index is 1.66. The molecule has 1 saturated heterocycles. The summed E-state index contributed by atoms with van der Waals surface area (Å²) in [6.07, 6.45) is 6.26. The van der Waals surface area contributed by atoms with Gasteiger partial charge in [0.2, 0.25) is 0 Å². The van der Waals surface area contributed by atoms with Crippen LogP contribution in [0.5, 0.6) is 0 Å². The fourth-order valence-corrected chi connectivity index (χ4v) is 3.59. The molecule has 0 radical (unpaired) electrons. The SMILES string of the molecule is COC(=O)CC1CCN2CC=C(c3ccccc3)CC2C1. The van der Waals surface area contributed by atoms with E-state index in [1.807, 2.05) is 0 Å². The van der Waals surface area contributed by atoms with Crippen LogP contribution in [0.25, 0.3) is 5.57 Å². The Hall–Kier alpha value is -1.61. The topological polar surface area (TPSA) is 29.5 Å². The quantitative estimate of drug-likeness (QED) is 0.799. The molecule has 112 valence electrons. The molecule has 0 spiro atoms. The van der Waals surface area contributed by atoms with Crippen LogP contribution >= 0.6 is 0 Å². The Morgan fingerprint density at radius 1 is 1.33 bits per heavy atom. The summed E-state index contributed by atoms with van der Waals surface area (Å²) < 4.78 is 4.82. The summed E-state index contributed by atoms with van der Waals surface area (Å²) in [4.78, 5) is 14.0. The van der Waals surface area contributed by atoms with Crippen LogP contribution in [0.4, 0.5) is 0 Å². The molecule has 3 rings (SSSR count). The number of ether oxygens (including phenoxy) is 1. The van der Waals surface area contributed by atoms with Gasteiger partial charge in [-0.3, -0.25) is 9.69 Å². The number of methoxy groups -OCH3 is 1. The van der Waals surface area contributed by atoms with Crippen molar-refractivity contribution in [3.8, 4) is 0 Å². The van der Waals surface area contributed by atoms with E-state index >= 15 is 0 Å². The second-order valence-electron chi connectivity index (χ2n) is 6.12. The molecule has 0 bridgehead atoms. The van der Waals surface area contributed by atoms with E-state index in [-0.39, 0.29) is 5.97 Å². The first kappa shape index (κ1) is 14.3. The van der Waals surface area contributed by atoms with Crippen LogP contribution in [-0.2, 0) is 9.53 Å². The normalized spacial score (nSPS) is 25.9. The van der Waals surface area contributed by atoms with Crippen molar-refractivity contribution in [3.63, 3.8) is 0 Å². The van der Waals surface area contributed by atoms with Gasteiger partial charge in [-0.1, -0.05) is 36.4 Å². The van der Waals surface area contributed by atoms with Gasteiger partial charge in [0.25, 0.3) is 0 Å². The third-order valence-corrected chi connectivity index (χ3v) is 4.80. The highest BCUT2D eigenvalue weighted by Crippen LogP contribution is 2.34. The number of carbonyl (C=O) groups excluding carboxylic acids is 1. The van der Waals surface area contributed by atoms with Crippen molar-refractivity contribution in [1.29, 1.82) is 0 Å². The Bertz CT molecular complexity index is 523. The standard InChI is InChI=1S/C18H23NO2/c1-21-18(20)12-14-7-9-19-10-8-16(13-17(19)11-14)15-5-3-2-4-6-15/h2-6,8,14,17H,7,9-13H2,1H3. The molecule has 2 unspecified atom stereocenters. The molecule has 1 aromatic rings. The number of hydrogen-bond acceptors (Lipinski definition) is 3. The molecule has 2 heterocycles. The zero-order chi connectivity index (χ0) is 14.7. The molecule has 0 aromatic heterocycles. The van der Waals surface area contributed by atoms with Crippen molar-refractivity contribution >= 4 is 11.5 Å². The molecule has 2 aliphatic rings. The number of rotatable bonds is 3. The second-order valence-corrected chi connectivity index (χ2v) is 6.12. The molecule has 1 fully saturated rings. The summed E-state index contributed by atoms with van der Waals surface area (Å²) in [5, 5.41) is 0. The number of fused-ring (bicyclic) bond motifs is 1. The summed E-state index contributed by atoms with van der Waals surface area (Å²) in [5.74, 6) is 0.414. The Morgan fingerprint density at radius 2 is 2.14 bits per heavy atom. The molecular formula is C18H23NO2. The van der Waals surface area contributed by atoms with Crippen LogP contribution < -0.4 is 0 Å². The fourth-order valence-electron chi connectivity index (χ4n) is 3.59. The van der Waals surface area contributed by atoms with Gasteiger partial charge in [0.05, 0.1) is 7.11 Å². The zero-order valence-electron chi connectivity index (χ0n) is 12.6.